The molecule has 0 heterocycles. The molecule has 0 aromatic heterocycles. The molecule has 63 heavy (non-hydrogen) atoms. The van der Waals surface area contributed by atoms with Gasteiger partial charge in [0.2, 0.25) is 0 Å². The lowest BCUT2D eigenvalue weighted by Gasteiger charge is -2.37. The van der Waals surface area contributed by atoms with E-state index in [0.29, 0.717) is 0 Å². The number of fused-ring (bicyclic) bond motifs is 5. The molecule has 12 rings (SSSR count). The van der Waals surface area contributed by atoms with Gasteiger partial charge in [-0.25, -0.2) is 0 Å². The monoisotopic (exact) mass is 803 g/mol. The number of anilines is 3. The van der Waals surface area contributed by atoms with Crippen molar-refractivity contribution in [3.05, 3.63) is 270 Å². The number of hydrogen-bond acceptors (Lipinski definition) is 1. The summed E-state index contributed by atoms with van der Waals surface area (Å²) in [4.78, 5) is 2.48. The zero-order valence-electron chi connectivity index (χ0n) is 35.5. The van der Waals surface area contributed by atoms with Crippen LogP contribution in [0.3, 0.4) is 0 Å². The van der Waals surface area contributed by atoms with Crippen LogP contribution in [0.1, 0.15) is 47.2 Å². The first kappa shape index (κ1) is 37.1. The first-order valence-corrected chi connectivity index (χ1v) is 22.1. The smallest absolute Gasteiger partial charge is 0.0714 e. The first-order valence-electron chi connectivity index (χ1n) is 22.1. The van der Waals surface area contributed by atoms with E-state index < -0.39 is 5.41 Å². The average Bonchev–Trinajstić information content (AvgIpc) is 3.65. The normalized spacial score (nSPS) is 13.8. The Hall–Kier alpha value is -7.74. The van der Waals surface area contributed by atoms with Gasteiger partial charge in [0.05, 0.1) is 5.41 Å². The summed E-state index contributed by atoms with van der Waals surface area (Å²) >= 11 is 0. The topological polar surface area (TPSA) is 3.24 Å². The molecule has 2 aliphatic rings. The molecule has 1 heteroatoms. The summed E-state index contributed by atoms with van der Waals surface area (Å²) in [5.74, 6) is 0. The van der Waals surface area contributed by atoms with E-state index in [9.17, 15) is 0 Å². The van der Waals surface area contributed by atoms with E-state index in [0.717, 1.165) is 17.1 Å². The van der Waals surface area contributed by atoms with E-state index in [2.05, 4.69) is 255 Å². The molecule has 0 aliphatic heterocycles. The van der Waals surface area contributed by atoms with Gasteiger partial charge in [-0.1, -0.05) is 214 Å². The Morgan fingerprint density at radius 2 is 0.841 bits per heavy atom. The Morgan fingerprint density at radius 3 is 1.54 bits per heavy atom. The van der Waals surface area contributed by atoms with E-state index in [1.54, 1.807) is 0 Å². The Labute approximate surface area is 370 Å². The fourth-order valence-corrected chi connectivity index (χ4v) is 11.1. The highest BCUT2D eigenvalue weighted by molar-refractivity contribution is 6.10. The Bertz CT molecular complexity index is 3290. The molecule has 0 radical (unpaired) electrons. The second-order valence-corrected chi connectivity index (χ2v) is 17.6. The second kappa shape index (κ2) is 14.4. The van der Waals surface area contributed by atoms with Crippen LogP contribution in [0.4, 0.5) is 17.1 Å². The number of hydrogen-bond donors (Lipinski definition) is 0. The van der Waals surface area contributed by atoms with Gasteiger partial charge in [-0.05, 0) is 125 Å². The van der Waals surface area contributed by atoms with Gasteiger partial charge in [0.1, 0.15) is 0 Å². The summed E-state index contributed by atoms with van der Waals surface area (Å²) in [6, 6.07) is 87.8. The van der Waals surface area contributed by atoms with Crippen LogP contribution in [0.5, 0.6) is 0 Å². The van der Waals surface area contributed by atoms with Crippen LogP contribution >= 0.6 is 0 Å². The van der Waals surface area contributed by atoms with E-state index in [-0.39, 0.29) is 5.41 Å². The van der Waals surface area contributed by atoms with Gasteiger partial charge in [-0.3, -0.25) is 0 Å². The molecule has 0 spiro atoms. The summed E-state index contributed by atoms with van der Waals surface area (Å²) in [5, 5.41) is 2.62. The van der Waals surface area contributed by atoms with Crippen molar-refractivity contribution in [1.29, 1.82) is 0 Å². The quantitative estimate of drug-likeness (QED) is 0.155. The van der Waals surface area contributed by atoms with Crippen LogP contribution in [-0.2, 0) is 10.8 Å². The van der Waals surface area contributed by atoms with Gasteiger partial charge in [-0.15, -0.1) is 0 Å². The molecule has 10 aromatic rings. The number of benzene rings is 10. The van der Waals surface area contributed by atoms with Gasteiger partial charge in [0.25, 0.3) is 0 Å². The van der Waals surface area contributed by atoms with Crippen molar-refractivity contribution >= 4 is 27.8 Å². The van der Waals surface area contributed by atoms with E-state index in [1.807, 2.05) is 0 Å². The fraction of sp³-hybridized carbons (Fsp3) is 0.0645. The third-order valence-electron chi connectivity index (χ3n) is 13.9. The highest BCUT2D eigenvalue weighted by Crippen LogP contribution is 2.58. The molecule has 298 valence electrons. The predicted molar refractivity (Wildman–Crippen MR) is 264 cm³/mol. The molecule has 0 fully saturated rings. The number of nitrogens with zero attached hydrogens (tertiary/aromatic N) is 1. The van der Waals surface area contributed by atoms with E-state index >= 15 is 0 Å². The van der Waals surface area contributed by atoms with Gasteiger partial charge in [-0.2, -0.15) is 0 Å². The van der Waals surface area contributed by atoms with Gasteiger partial charge >= 0.3 is 0 Å². The van der Waals surface area contributed by atoms with Crippen LogP contribution in [0, 0.1) is 0 Å². The maximum atomic E-state index is 2.48. The van der Waals surface area contributed by atoms with Crippen molar-refractivity contribution in [3.8, 4) is 44.5 Å². The minimum absolute atomic E-state index is 0.206. The lowest BCUT2D eigenvalue weighted by Crippen LogP contribution is -2.28. The van der Waals surface area contributed by atoms with Gasteiger partial charge in [0.15, 0.2) is 0 Å². The van der Waals surface area contributed by atoms with Crippen molar-refractivity contribution in [1.82, 2.24) is 0 Å². The minimum atomic E-state index is -0.517. The predicted octanol–water partition coefficient (Wildman–Crippen LogP) is 16.3. The Balaban J connectivity index is 1.13. The third kappa shape index (κ3) is 5.63. The van der Waals surface area contributed by atoms with Crippen molar-refractivity contribution in [2.75, 3.05) is 4.90 Å². The Morgan fingerprint density at radius 1 is 0.317 bits per heavy atom. The summed E-state index contributed by atoms with van der Waals surface area (Å²) in [6.07, 6.45) is 0. The SMILES string of the molecule is CC1(C)c2ccc(N(c3ccc(-c4ccccc4)cc3)c3ccc4c(c3)C(c3ccccc3)(c3ccccc3)c3ccccc3-4)cc2-c2c(-c3ccccc3)ccc3cccc1c23. The van der Waals surface area contributed by atoms with Gasteiger partial charge in [0, 0.05) is 22.5 Å². The summed E-state index contributed by atoms with van der Waals surface area (Å²) in [5.41, 5.74) is 20.5. The molecule has 0 saturated heterocycles. The van der Waals surface area contributed by atoms with Crippen LogP contribution in [-0.4, -0.2) is 0 Å². The molecule has 0 unspecified atom stereocenters. The lowest BCUT2D eigenvalue weighted by molar-refractivity contribution is 0.645. The molecule has 0 saturated carbocycles. The molecular weight excluding hydrogens is 759 g/mol. The molecule has 1 nitrogen and oxygen atoms in total. The lowest BCUT2D eigenvalue weighted by atomic mass is 9.67. The molecular formula is C62H45N. The Kier molecular flexibility index (Phi) is 8.49. The summed E-state index contributed by atoms with van der Waals surface area (Å²) in [7, 11) is 0. The van der Waals surface area contributed by atoms with Gasteiger partial charge < -0.3 is 4.90 Å². The van der Waals surface area contributed by atoms with Crippen molar-refractivity contribution < 1.29 is 0 Å². The zero-order valence-corrected chi connectivity index (χ0v) is 35.5. The minimum Gasteiger partial charge on any atom is -0.310 e. The molecule has 0 N–H and O–H groups in total. The maximum absolute atomic E-state index is 2.48. The van der Waals surface area contributed by atoms with E-state index in [1.165, 1.54) is 88.7 Å². The third-order valence-corrected chi connectivity index (χ3v) is 13.9. The molecule has 0 bridgehead atoms. The molecule has 10 aromatic carbocycles. The van der Waals surface area contributed by atoms with Crippen molar-refractivity contribution in [2.24, 2.45) is 0 Å². The molecule has 0 atom stereocenters. The van der Waals surface area contributed by atoms with Crippen LogP contribution in [0.25, 0.3) is 55.3 Å². The van der Waals surface area contributed by atoms with Crippen LogP contribution < -0.4 is 4.90 Å². The van der Waals surface area contributed by atoms with Crippen molar-refractivity contribution in [3.63, 3.8) is 0 Å². The number of rotatable bonds is 7. The summed E-state index contributed by atoms with van der Waals surface area (Å²) in [6.45, 7) is 4.78. The fourth-order valence-electron chi connectivity index (χ4n) is 11.1. The van der Waals surface area contributed by atoms with Crippen molar-refractivity contribution in [2.45, 2.75) is 24.7 Å². The van der Waals surface area contributed by atoms with Crippen LogP contribution in [0.2, 0.25) is 0 Å². The highest BCUT2D eigenvalue weighted by Gasteiger charge is 2.46. The zero-order chi connectivity index (χ0) is 42.1. The largest absolute Gasteiger partial charge is 0.310 e. The van der Waals surface area contributed by atoms with E-state index in [4.69, 9.17) is 0 Å². The highest BCUT2D eigenvalue weighted by atomic mass is 15.1. The van der Waals surface area contributed by atoms with Crippen LogP contribution in [0.15, 0.2) is 237 Å². The second-order valence-electron chi connectivity index (χ2n) is 17.6. The molecule has 0 amide bonds. The summed E-state index contributed by atoms with van der Waals surface area (Å²) < 4.78 is 0. The first-order chi connectivity index (χ1) is 31.0. The standard InChI is InChI=1S/C62H45N/c1-61(2)55-39-36-49(40-54(55)60-51(44-20-9-4-10-21-44)37-32-45-22-17-29-57(61)59(45)60)63(48-33-30-43(31-34-48)42-18-7-3-8-19-42)50-35-38-53-52-27-15-16-28-56(52)62(58(53)41-50,46-23-11-5-12-24-46)47-25-13-6-14-26-47/h3-41H,1-2H3. The molecule has 2 aliphatic carbocycles. The maximum Gasteiger partial charge on any atom is 0.0714 e. The average molecular weight is 804 g/mol.